The number of hydrogen-bond acceptors (Lipinski definition) is 5. The van der Waals surface area contributed by atoms with Gasteiger partial charge in [0, 0.05) is 0 Å². The minimum Gasteiger partial charge on any atom is -0.368 e. The number of carbonyl (C=O) groups is 2. The van der Waals surface area contributed by atoms with Gasteiger partial charge < -0.3 is 10.3 Å². The molecule has 2 aromatic rings. The minimum absolute atomic E-state index is 0.0275. The third-order valence-corrected chi connectivity index (χ3v) is 2.46. The van der Waals surface area contributed by atoms with Crippen LogP contribution in [0.4, 0.5) is 0 Å². The van der Waals surface area contributed by atoms with E-state index < -0.39 is 17.2 Å². The van der Waals surface area contributed by atoms with E-state index in [0.717, 1.165) is 4.57 Å². The summed E-state index contributed by atoms with van der Waals surface area (Å²) in [6.07, 6.45) is 1.23. The molecule has 9 heteroatoms. The molecule has 1 amide bonds. The predicted molar refractivity (Wildman–Crippen MR) is 64.5 cm³/mol. The maximum atomic E-state index is 12.1. The Balaban J connectivity index is 2.73. The summed E-state index contributed by atoms with van der Waals surface area (Å²) in [5, 5.41) is 0. The van der Waals surface area contributed by atoms with Crippen molar-refractivity contribution in [3.63, 3.8) is 0 Å². The van der Waals surface area contributed by atoms with Gasteiger partial charge in [0.1, 0.15) is 12.3 Å². The SMILES string of the molecule is CC(=O)Cn1c(=O)[nH]c2ncn(CC(N)=O)c2c1=O. The molecule has 9 nitrogen and oxygen atoms in total. The average molecular weight is 265 g/mol. The van der Waals surface area contributed by atoms with Crippen molar-refractivity contribution in [3.05, 3.63) is 27.2 Å². The van der Waals surface area contributed by atoms with Gasteiger partial charge >= 0.3 is 5.69 Å². The average Bonchev–Trinajstić information content (AvgIpc) is 2.66. The molecule has 0 unspecified atom stereocenters. The highest BCUT2D eigenvalue weighted by molar-refractivity contribution is 5.78. The molecule has 0 spiro atoms. The second-order valence-corrected chi connectivity index (χ2v) is 4.06. The molecule has 0 aromatic carbocycles. The summed E-state index contributed by atoms with van der Waals surface area (Å²) in [5.74, 6) is -0.990. The lowest BCUT2D eigenvalue weighted by atomic mass is 10.4. The Hall–Kier alpha value is -2.71. The van der Waals surface area contributed by atoms with Crippen LogP contribution in [0.5, 0.6) is 0 Å². The Kier molecular flexibility index (Phi) is 3.03. The van der Waals surface area contributed by atoms with Crippen molar-refractivity contribution in [2.75, 3.05) is 0 Å². The molecule has 0 saturated carbocycles. The highest BCUT2D eigenvalue weighted by atomic mass is 16.2. The molecule has 0 radical (unpaired) electrons. The molecule has 19 heavy (non-hydrogen) atoms. The summed E-state index contributed by atoms with van der Waals surface area (Å²) in [4.78, 5) is 51.9. The minimum atomic E-state index is -0.725. The number of imidazole rings is 1. The van der Waals surface area contributed by atoms with E-state index in [4.69, 9.17) is 5.73 Å². The molecule has 100 valence electrons. The van der Waals surface area contributed by atoms with Gasteiger partial charge in [-0.25, -0.2) is 9.78 Å². The Morgan fingerprint density at radius 3 is 2.63 bits per heavy atom. The molecule has 0 atom stereocenters. The fourth-order valence-corrected chi connectivity index (χ4v) is 1.74. The number of hydrogen-bond donors (Lipinski definition) is 2. The number of Topliss-reactive ketones (excluding diaryl/α,β-unsaturated/α-hetero) is 1. The number of nitrogens with two attached hydrogens (primary N) is 1. The number of carbonyl (C=O) groups excluding carboxylic acids is 2. The molecule has 0 aliphatic rings. The van der Waals surface area contributed by atoms with E-state index in [2.05, 4.69) is 9.97 Å². The summed E-state index contributed by atoms with van der Waals surface area (Å²) in [6.45, 7) is 0.681. The van der Waals surface area contributed by atoms with Gasteiger partial charge in [-0.3, -0.25) is 23.9 Å². The molecule has 2 rings (SSSR count). The van der Waals surface area contributed by atoms with Crippen molar-refractivity contribution < 1.29 is 9.59 Å². The molecule has 3 N–H and O–H groups in total. The quantitative estimate of drug-likeness (QED) is 0.657. The number of aromatic nitrogens is 4. The third-order valence-electron chi connectivity index (χ3n) is 2.46. The van der Waals surface area contributed by atoms with E-state index in [1.807, 2.05) is 0 Å². The van der Waals surface area contributed by atoms with Crippen LogP contribution < -0.4 is 17.0 Å². The molecule has 0 fully saturated rings. The van der Waals surface area contributed by atoms with Crippen molar-refractivity contribution in [1.29, 1.82) is 0 Å². The maximum Gasteiger partial charge on any atom is 0.330 e. The van der Waals surface area contributed by atoms with E-state index >= 15 is 0 Å². The molecule has 0 bridgehead atoms. The first-order valence-corrected chi connectivity index (χ1v) is 5.36. The van der Waals surface area contributed by atoms with Crippen molar-refractivity contribution in [1.82, 2.24) is 19.1 Å². The maximum absolute atomic E-state index is 12.1. The zero-order valence-electron chi connectivity index (χ0n) is 10.0. The number of H-pyrrole nitrogens is 1. The topological polar surface area (TPSA) is 133 Å². The zero-order valence-corrected chi connectivity index (χ0v) is 10.0. The Morgan fingerprint density at radius 1 is 1.37 bits per heavy atom. The highest BCUT2D eigenvalue weighted by Gasteiger charge is 2.14. The van der Waals surface area contributed by atoms with Gasteiger partial charge in [0.25, 0.3) is 5.56 Å². The fourth-order valence-electron chi connectivity index (χ4n) is 1.74. The van der Waals surface area contributed by atoms with Crippen LogP contribution in [0, 0.1) is 0 Å². The zero-order chi connectivity index (χ0) is 14.2. The third kappa shape index (κ3) is 2.30. The standard InChI is InChI=1S/C10H11N5O4/c1-5(16)2-15-9(18)7-8(13-10(15)19)12-4-14(7)3-6(11)17/h4H,2-3H2,1H3,(H2,11,17)(H,13,19). The first-order valence-electron chi connectivity index (χ1n) is 5.36. The predicted octanol–water partition coefficient (Wildman–Crippen LogP) is -2.04. The molecule has 0 aliphatic heterocycles. The normalized spacial score (nSPS) is 10.8. The lowest BCUT2D eigenvalue weighted by Crippen LogP contribution is -2.37. The van der Waals surface area contributed by atoms with E-state index in [1.54, 1.807) is 0 Å². The van der Waals surface area contributed by atoms with Crippen LogP contribution in [0.3, 0.4) is 0 Å². The van der Waals surface area contributed by atoms with Crippen molar-refractivity contribution in [2.45, 2.75) is 20.0 Å². The number of nitrogens with one attached hydrogen (secondary N) is 1. The smallest absolute Gasteiger partial charge is 0.330 e. The summed E-state index contributed by atoms with van der Waals surface area (Å²) in [5.41, 5.74) is 3.72. The molecule has 2 aromatic heterocycles. The van der Waals surface area contributed by atoms with Gasteiger partial charge in [0.05, 0.1) is 12.9 Å². The fraction of sp³-hybridized carbons (Fsp3) is 0.300. The Labute approximate surface area is 105 Å². The van der Waals surface area contributed by atoms with Crippen LogP contribution in [0.1, 0.15) is 6.92 Å². The van der Waals surface area contributed by atoms with E-state index in [-0.39, 0.29) is 30.0 Å². The van der Waals surface area contributed by atoms with Crippen LogP contribution in [-0.4, -0.2) is 30.8 Å². The van der Waals surface area contributed by atoms with E-state index in [1.165, 1.54) is 17.8 Å². The number of primary amides is 1. The van der Waals surface area contributed by atoms with Crippen LogP contribution in [-0.2, 0) is 22.7 Å². The summed E-state index contributed by atoms with van der Waals surface area (Å²) < 4.78 is 1.98. The van der Waals surface area contributed by atoms with Gasteiger partial charge in [-0.05, 0) is 6.92 Å². The first kappa shape index (κ1) is 12.7. The van der Waals surface area contributed by atoms with Crippen LogP contribution in [0.25, 0.3) is 11.2 Å². The largest absolute Gasteiger partial charge is 0.368 e. The first-order chi connectivity index (χ1) is 8.90. The van der Waals surface area contributed by atoms with Gasteiger partial charge in [-0.1, -0.05) is 0 Å². The van der Waals surface area contributed by atoms with Crippen LogP contribution >= 0.6 is 0 Å². The second-order valence-electron chi connectivity index (χ2n) is 4.06. The monoisotopic (exact) mass is 265 g/mol. The van der Waals surface area contributed by atoms with Crippen molar-refractivity contribution in [3.8, 4) is 0 Å². The molecular weight excluding hydrogens is 254 g/mol. The number of nitrogens with zero attached hydrogens (tertiary/aromatic N) is 3. The van der Waals surface area contributed by atoms with E-state index in [0.29, 0.717) is 0 Å². The number of aromatic amines is 1. The van der Waals surface area contributed by atoms with Gasteiger partial charge in [0.15, 0.2) is 11.2 Å². The number of rotatable bonds is 4. The molecule has 0 aliphatic carbocycles. The van der Waals surface area contributed by atoms with Crippen molar-refractivity contribution in [2.24, 2.45) is 5.73 Å². The summed E-state index contributed by atoms with van der Waals surface area (Å²) in [6, 6.07) is 0. The summed E-state index contributed by atoms with van der Waals surface area (Å²) >= 11 is 0. The number of fused-ring (bicyclic) bond motifs is 1. The number of amides is 1. The van der Waals surface area contributed by atoms with Crippen LogP contribution in [0.15, 0.2) is 15.9 Å². The summed E-state index contributed by atoms with van der Waals surface area (Å²) in [7, 11) is 0. The van der Waals surface area contributed by atoms with Gasteiger partial charge in [0.2, 0.25) is 5.91 Å². The molecule has 2 heterocycles. The highest BCUT2D eigenvalue weighted by Crippen LogP contribution is 2.02. The van der Waals surface area contributed by atoms with Crippen molar-refractivity contribution >= 4 is 22.9 Å². The van der Waals surface area contributed by atoms with E-state index in [9.17, 15) is 19.2 Å². The van der Waals surface area contributed by atoms with Gasteiger partial charge in [-0.15, -0.1) is 0 Å². The Bertz CT molecular complexity index is 781. The lowest BCUT2D eigenvalue weighted by Gasteiger charge is -2.03. The second kappa shape index (κ2) is 4.52. The van der Waals surface area contributed by atoms with Gasteiger partial charge in [-0.2, -0.15) is 0 Å². The molecule has 0 saturated heterocycles. The number of ketones is 1. The van der Waals surface area contributed by atoms with Crippen LogP contribution in [0.2, 0.25) is 0 Å². The lowest BCUT2D eigenvalue weighted by molar-refractivity contribution is -0.119. The Morgan fingerprint density at radius 2 is 2.05 bits per heavy atom. The molecular formula is C10H11N5O4.